The normalized spacial score (nSPS) is 19.9. The highest BCUT2D eigenvalue weighted by molar-refractivity contribution is 7.80. The summed E-state index contributed by atoms with van der Waals surface area (Å²) in [5, 5.41) is 5.71. The van der Waals surface area contributed by atoms with Gasteiger partial charge in [0.15, 0.2) is 5.11 Å². The van der Waals surface area contributed by atoms with Crippen molar-refractivity contribution in [3.8, 4) is 0 Å². The first kappa shape index (κ1) is 20.3. The number of likely N-dealkylation sites (tertiary alicyclic amines) is 2. The van der Waals surface area contributed by atoms with Crippen LogP contribution in [0.3, 0.4) is 0 Å². The Morgan fingerprint density at radius 2 is 1.71 bits per heavy atom. The van der Waals surface area contributed by atoms with Gasteiger partial charge in [0.1, 0.15) is 6.04 Å². The van der Waals surface area contributed by atoms with Gasteiger partial charge in [0, 0.05) is 25.2 Å². The molecule has 3 amide bonds. The third kappa shape index (κ3) is 5.28. The number of amides is 3. The van der Waals surface area contributed by atoms with Crippen LogP contribution >= 0.6 is 12.2 Å². The molecule has 2 heterocycles. The molecule has 1 aromatic rings. The summed E-state index contributed by atoms with van der Waals surface area (Å²) in [5.41, 5.74) is 0.497. The van der Waals surface area contributed by atoms with E-state index in [9.17, 15) is 14.4 Å². The second-order valence-corrected chi connectivity index (χ2v) is 7.60. The van der Waals surface area contributed by atoms with E-state index >= 15 is 0 Å². The third-order valence-corrected chi connectivity index (χ3v) is 5.35. The van der Waals surface area contributed by atoms with Gasteiger partial charge in [0.05, 0.1) is 6.54 Å². The number of carbonyl (C=O) groups excluding carboxylic acids is 3. The SMILES string of the molecule is O=C(NC(=S)N[C@H]1CCCCN(CC(=O)N2CCCC2)C1=O)c1ccccc1. The number of thiocarbonyl (C=S) groups is 1. The van der Waals surface area contributed by atoms with E-state index in [1.165, 1.54) is 0 Å². The fourth-order valence-corrected chi connectivity index (χ4v) is 3.82. The Morgan fingerprint density at radius 3 is 2.43 bits per heavy atom. The molecule has 0 bridgehead atoms. The molecule has 0 saturated carbocycles. The van der Waals surface area contributed by atoms with E-state index in [1.54, 1.807) is 29.2 Å². The van der Waals surface area contributed by atoms with Gasteiger partial charge in [-0.15, -0.1) is 0 Å². The number of nitrogens with zero attached hydrogens (tertiary/aromatic N) is 2. The lowest BCUT2D eigenvalue weighted by atomic mass is 10.1. The van der Waals surface area contributed by atoms with Crippen molar-refractivity contribution in [3.63, 3.8) is 0 Å². The van der Waals surface area contributed by atoms with Crippen molar-refractivity contribution in [2.24, 2.45) is 0 Å². The summed E-state index contributed by atoms with van der Waals surface area (Å²) in [5.74, 6) is -0.451. The molecule has 3 rings (SSSR count). The smallest absolute Gasteiger partial charge is 0.257 e. The Morgan fingerprint density at radius 1 is 1.04 bits per heavy atom. The van der Waals surface area contributed by atoms with Crippen LogP contribution < -0.4 is 10.6 Å². The summed E-state index contributed by atoms with van der Waals surface area (Å²) in [6.45, 7) is 2.23. The van der Waals surface area contributed by atoms with Crippen LogP contribution in [0.25, 0.3) is 0 Å². The zero-order chi connectivity index (χ0) is 19.9. The van der Waals surface area contributed by atoms with Crippen LogP contribution in [0.2, 0.25) is 0 Å². The molecule has 150 valence electrons. The first-order valence-electron chi connectivity index (χ1n) is 9.78. The van der Waals surface area contributed by atoms with Gasteiger partial charge in [-0.25, -0.2) is 0 Å². The molecule has 0 spiro atoms. The van der Waals surface area contributed by atoms with E-state index in [1.807, 2.05) is 11.0 Å². The molecule has 2 aliphatic heterocycles. The van der Waals surface area contributed by atoms with Crippen molar-refractivity contribution in [3.05, 3.63) is 35.9 Å². The van der Waals surface area contributed by atoms with Crippen LogP contribution in [0.4, 0.5) is 0 Å². The summed E-state index contributed by atoms with van der Waals surface area (Å²) in [6, 6.07) is 8.24. The van der Waals surface area contributed by atoms with Crippen molar-refractivity contribution in [2.45, 2.75) is 38.1 Å². The quantitative estimate of drug-likeness (QED) is 0.742. The van der Waals surface area contributed by atoms with Gasteiger partial charge in [-0.2, -0.15) is 0 Å². The molecule has 2 saturated heterocycles. The highest BCUT2D eigenvalue weighted by Gasteiger charge is 2.30. The van der Waals surface area contributed by atoms with Gasteiger partial charge in [-0.05, 0) is 56.5 Å². The molecule has 2 aliphatic rings. The second kappa shape index (κ2) is 9.64. The van der Waals surface area contributed by atoms with E-state index in [0.29, 0.717) is 18.5 Å². The Balaban J connectivity index is 1.56. The summed E-state index contributed by atoms with van der Waals surface area (Å²) < 4.78 is 0. The van der Waals surface area contributed by atoms with Crippen molar-refractivity contribution in [2.75, 3.05) is 26.2 Å². The van der Waals surface area contributed by atoms with E-state index in [2.05, 4.69) is 10.6 Å². The molecular formula is C20H26N4O3S. The fraction of sp³-hybridized carbons (Fsp3) is 0.500. The Kier molecular flexibility index (Phi) is 6.97. The predicted octanol–water partition coefficient (Wildman–Crippen LogP) is 1.29. The van der Waals surface area contributed by atoms with Crippen molar-refractivity contribution >= 4 is 35.1 Å². The van der Waals surface area contributed by atoms with E-state index in [-0.39, 0.29) is 29.4 Å². The number of benzene rings is 1. The summed E-state index contributed by atoms with van der Waals surface area (Å²) >= 11 is 5.23. The zero-order valence-electron chi connectivity index (χ0n) is 15.9. The maximum absolute atomic E-state index is 12.9. The molecular weight excluding hydrogens is 376 g/mol. The molecule has 2 N–H and O–H groups in total. The van der Waals surface area contributed by atoms with Crippen LogP contribution in [0, 0.1) is 0 Å². The zero-order valence-corrected chi connectivity index (χ0v) is 16.7. The molecule has 8 heteroatoms. The maximum atomic E-state index is 12.9. The average molecular weight is 403 g/mol. The molecule has 1 atom stereocenters. The van der Waals surface area contributed by atoms with Crippen LogP contribution in [0.15, 0.2) is 30.3 Å². The van der Waals surface area contributed by atoms with E-state index < -0.39 is 6.04 Å². The Labute approximate surface area is 170 Å². The average Bonchev–Trinajstić information content (AvgIpc) is 3.19. The summed E-state index contributed by atoms with van der Waals surface area (Å²) in [4.78, 5) is 41.0. The lowest BCUT2D eigenvalue weighted by Crippen LogP contribution is -2.52. The molecule has 2 fully saturated rings. The van der Waals surface area contributed by atoms with Gasteiger partial charge >= 0.3 is 0 Å². The highest BCUT2D eigenvalue weighted by Crippen LogP contribution is 2.14. The maximum Gasteiger partial charge on any atom is 0.257 e. The van der Waals surface area contributed by atoms with Crippen LogP contribution in [0.1, 0.15) is 42.5 Å². The second-order valence-electron chi connectivity index (χ2n) is 7.19. The fourth-order valence-electron chi connectivity index (χ4n) is 3.59. The standard InChI is InChI=1S/C20H26N4O3S/c25-17(23-11-6-7-12-23)14-24-13-5-4-10-16(19(24)27)21-20(28)22-18(26)15-8-2-1-3-9-15/h1-3,8-9,16H,4-7,10-14H2,(H2,21,22,26,28)/t16-/m0/s1. The summed E-state index contributed by atoms with van der Waals surface area (Å²) in [6.07, 6.45) is 4.38. The van der Waals surface area contributed by atoms with Gasteiger partial charge < -0.3 is 15.1 Å². The number of rotatable bonds is 4. The van der Waals surface area contributed by atoms with Crippen LogP contribution in [0.5, 0.6) is 0 Å². The van der Waals surface area contributed by atoms with Gasteiger partial charge in [-0.3, -0.25) is 19.7 Å². The van der Waals surface area contributed by atoms with Crippen molar-refractivity contribution < 1.29 is 14.4 Å². The van der Waals surface area contributed by atoms with Crippen molar-refractivity contribution in [1.82, 2.24) is 20.4 Å². The first-order valence-corrected chi connectivity index (χ1v) is 10.2. The number of nitrogens with one attached hydrogen (secondary N) is 2. The minimum absolute atomic E-state index is 0.00598. The van der Waals surface area contributed by atoms with E-state index in [0.717, 1.165) is 38.8 Å². The molecule has 0 aliphatic carbocycles. The van der Waals surface area contributed by atoms with Crippen molar-refractivity contribution in [1.29, 1.82) is 0 Å². The largest absolute Gasteiger partial charge is 0.351 e. The van der Waals surface area contributed by atoms with Crippen LogP contribution in [-0.2, 0) is 9.59 Å². The molecule has 0 aromatic heterocycles. The topological polar surface area (TPSA) is 81.8 Å². The monoisotopic (exact) mass is 402 g/mol. The minimum atomic E-state index is -0.530. The van der Waals surface area contributed by atoms with E-state index in [4.69, 9.17) is 12.2 Å². The van der Waals surface area contributed by atoms with Gasteiger partial charge in [-0.1, -0.05) is 18.2 Å². The number of hydrogen-bond acceptors (Lipinski definition) is 4. The van der Waals surface area contributed by atoms with Gasteiger partial charge in [0.25, 0.3) is 5.91 Å². The molecule has 0 unspecified atom stereocenters. The minimum Gasteiger partial charge on any atom is -0.351 e. The molecule has 28 heavy (non-hydrogen) atoms. The summed E-state index contributed by atoms with van der Waals surface area (Å²) in [7, 11) is 0. The molecule has 1 aromatic carbocycles. The Hall–Kier alpha value is -2.48. The third-order valence-electron chi connectivity index (χ3n) is 5.13. The lowest BCUT2D eigenvalue weighted by molar-refractivity contribution is -0.140. The van der Waals surface area contributed by atoms with Gasteiger partial charge in [0.2, 0.25) is 11.8 Å². The number of carbonyl (C=O) groups is 3. The Bertz CT molecular complexity index is 734. The predicted molar refractivity (Wildman–Crippen MR) is 110 cm³/mol. The molecule has 7 nitrogen and oxygen atoms in total. The first-order chi connectivity index (χ1) is 13.5. The number of hydrogen-bond donors (Lipinski definition) is 2. The van der Waals surface area contributed by atoms with Crippen LogP contribution in [-0.4, -0.2) is 64.9 Å². The lowest BCUT2D eigenvalue weighted by Gasteiger charge is -2.27. The highest BCUT2D eigenvalue weighted by atomic mass is 32.1. The molecule has 0 radical (unpaired) electrons.